The minimum Gasteiger partial charge on any atom is -0.497 e. The molecule has 1 aromatic carbocycles. The molecule has 4 heteroatoms. The lowest BCUT2D eigenvalue weighted by molar-refractivity contribution is -0.156. The van der Waals surface area contributed by atoms with E-state index in [1.807, 2.05) is 24.3 Å². The molecule has 0 unspecified atom stereocenters. The van der Waals surface area contributed by atoms with Gasteiger partial charge in [-0.05, 0) is 37.0 Å². The van der Waals surface area contributed by atoms with Crippen LogP contribution in [-0.4, -0.2) is 23.8 Å². The quantitative estimate of drug-likeness (QED) is 0.843. The summed E-state index contributed by atoms with van der Waals surface area (Å²) < 4.78 is 10.9. The maximum Gasteiger partial charge on any atom is 0.306 e. The van der Waals surface area contributed by atoms with Gasteiger partial charge in [0.2, 0.25) is 0 Å². The van der Waals surface area contributed by atoms with Crippen molar-refractivity contribution in [2.75, 3.05) is 7.11 Å². The number of carboxylic acids is 1. The summed E-state index contributed by atoms with van der Waals surface area (Å²) in [4.78, 5) is 10.8. The fraction of sp³-hybridized carbons (Fsp3) is 0.500. The van der Waals surface area contributed by atoms with E-state index in [1.54, 1.807) is 7.11 Å². The van der Waals surface area contributed by atoms with Gasteiger partial charge in [0, 0.05) is 0 Å². The van der Waals surface area contributed by atoms with Crippen molar-refractivity contribution < 1.29 is 19.4 Å². The van der Waals surface area contributed by atoms with Gasteiger partial charge in [0.15, 0.2) is 0 Å². The van der Waals surface area contributed by atoms with Crippen LogP contribution in [0.3, 0.4) is 0 Å². The molecule has 4 nitrogen and oxygen atoms in total. The van der Waals surface area contributed by atoms with Gasteiger partial charge in [-0.15, -0.1) is 0 Å². The monoisotopic (exact) mass is 250 g/mol. The average molecular weight is 250 g/mol. The zero-order valence-corrected chi connectivity index (χ0v) is 10.5. The predicted molar refractivity (Wildman–Crippen MR) is 66.6 cm³/mol. The van der Waals surface area contributed by atoms with E-state index in [1.165, 1.54) is 0 Å². The Bertz CT molecular complexity index is 406. The number of methoxy groups -OCH3 is 1. The molecule has 1 aliphatic carbocycles. The third kappa shape index (κ3) is 3.01. The molecule has 0 heterocycles. The summed E-state index contributed by atoms with van der Waals surface area (Å²) in [5, 5.41) is 8.88. The number of carboxylic acid groups (broad SMARTS) is 1. The summed E-state index contributed by atoms with van der Waals surface area (Å²) in [7, 11) is 1.63. The van der Waals surface area contributed by atoms with E-state index in [0.29, 0.717) is 6.61 Å². The standard InChI is InChI=1S/C14H18O4/c1-17-12-5-3-11(4-6-12)10-18-14(7-2-8-14)9-13(15)16/h3-6H,2,7-10H2,1H3,(H,15,16). The highest BCUT2D eigenvalue weighted by molar-refractivity contribution is 5.68. The molecular weight excluding hydrogens is 232 g/mol. The maximum atomic E-state index is 10.8. The zero-order valence-electron chi connectivity index (χ0n) is 10.5. The lowest BCUT2D eigenvalue weighted by Crippen LogP contribution is -2.42. The van der Waals surface area contributed by atoms with Gasteiger partial charge in [-0.3, -0.25) is 4.79 Å². The van der Waals surface area contributed by atoms with Crippen LogP contribution >= 0.6 is 0 Å². The van der Waals surface area contributed by atoms with E-state index in [0.717, 1.165) is 30.6 Å². The normalized spacial score (nSPS) is 16.9. The second kappa shape index (κ2) is 5.40. The van der Waals surface area contributed by atoms with Crippen molar-refractivity contribution >= 4 is 5.97 Å². The van der Waals surface area contributed by atoms with Crippen LogP contribution in [-0.2, 0) is 16.1 Å². The van der Waals surface area contributed by atoms with E-state index in [9.17, 15) is 4.79 Å². The number of benzene rings is 1. The minimum atomic E-state index is -0.788. The molecule has 2 rings (SSSR count). The van der Waals surface area contributed by atoms with Crippen LogP contribution in [0.5, 0.6) is 5.75 Å². The van der Waals surface area contributed by atoms with E-state index in [-0.39, 0.29) is 6.42 Å². The Hall–Kier alpha value is -1.55. The van der Waals surface area contributed by atoms with E-state index >= 15 is 0 Å². The maximum absolute atomic E-state index is 10.8. The summed E-state index contributed by atoms with van der Waals surface area (Å²) in [6, 6.07) is 7.63. The van der Waals surface area contributed by atoms with Crippen LogP contribution in [0, 0.1) is 0 Å². The van der Waals surface area contributed by atoms with Crippen molar-refractivity contribution in [3.8, 4) is 5.75 Å². The third-order valence-corrected chi connectivity index (χ3v) is 3.44. The first-order valence-electron chi connectivity index (χ1n) is 6.12. The van der Waals surface area contributed by atoms with Crippen molar-refractivity contribution in [2.45, 2.75) is 37.9 Å². The van der Waals surface area contributed by atoms with Crippen LogP contribution in [0.4, 0.5) is 0 Å². The molecule has 1 N–H and O–H groups in total. The van der Waals surface area contributed by atoms with Crippen molar-refractivity contribution in [1.82, 2.24) is 0 Å². The number of ether oxygens (including phenoxy) is 2. The Labute approximate surface area is 107 Å². The fourth-order valence-electron chi connectivity index (χ4n) is 2.18. The fourth-order valence-corrected chi connectivity index (χ4v) is 2.18. The van der Waals surface area contributed by atoms with Crippen LogP contribution < -0.4 is 4.74 Å². The zero-order chi connectivity index (χ0) is 13.0. The number of hydrogen-bond acceptors (Lipinski definition) is 3. The molecular formula is C14H18O4. The Morgan fingerprint density at radius 3 is 2.44 bits per heavy atom. The molecule has 1 fully saturated rings. The van der Waals surface area contributed by atoms with Gasteiger partial charge in [0.1, 0.15) is 5.75 Å². The highest BCUT2D eigenvalue weighted by Gasteiger charge is 2.40. The molecule has 0 atom stereocenters. The van der Waals surface area contributed by atoms with Crippen LogP contribution in [0.25, 0.3) is 0 Å². The highest BCUT2D eigenvalue weighted by atomic mass is 16.5. The molecule has 18 heavy (non-hydrogen) atoms. The van der Waals surface area contributed by atoms with E-state index < -0.39 is 11.6 Å². The van der Waals surface area contributed by atoms with Crippen LogP contribution in [0.2, 0.25) is 0 Å². The molecule has 1 aliphatic rings. The van der Waals surface area contributed by atoms with Gasteiger partial charge in [-0.1, -0.05) is 12.1 Å². The molecule has 0 radical (unpaired) electrons. The van der Waals surface area contributed by atoms with Gasteiger partial charge in [-0.25, -0.2) is 0 Å². The largest absolute Gasteiger partial charge is 0.497 e. The molecule has 0 bridgehead atoms. The average Bonchev–Trinajstić information content (AvgIpc) is 2.32. The Morgan fingerprint density at radius 1 is 1.33 bits per heavy atom. The molecule has 0 amide bonds. The topological polar surface area (TPSA) is 55.8 Å². The van der Waals surface area contributed by atoms with Gasteiger partial charge < -0.3 is 14.6 Å². The van der Waals surface area contributed by atoms with Gasteiger partial charge in [0.05, 0.1) is 25.7 Å². The molecule has 0 aliphatic heterocycles. The molecule has 0 saturated heterocycles. The summed E-state index contributed by atoms with van der Waals surface area (Å²) in [5.74, 6) is 0.0204. The van der Waals surface area contributed by atoms with Gasteiger partial charge >= 0.3 is 5.97 Å². The number of carbonyl (C=O) groups is 1. The molecule has 1 saturated carbocycles. The Morgan fingerprint density at radius 2 is 2.00 bits per heavy atom. The van der Waals surface area contributed by atoms with Crippen LogP contribution in [0.15, 0.2) is 24.3 Å². The summed E-state index contributed by atoms with van der Waals surface area (Å²) in [6.45, 7) is 0.456. The number of rotatable bonds is 6. The van der Waals surface area contributed by atoms with Crippen molar-refractivity contribution in [1.29, 1.82) is 0 Å². The number of hydrogen-bond donors (Lipinski definition) is 1. The lowest BCUT2D eigenvalue weighted by atomic mass is 9.77. The molecule has 0 aromatic heterocycles. The van der Waals surface area contributed by atoms with Crippen molar-refractivity contribution in [2.24, 2.45) is 0 Å². The Balaban J connectivity index is 1.91. The van der Waals surface area contributed by atoms with E-state index in [4.69, 9.17) is 14.6 Å². The summed E-state index contributed by atoms with van der Waals surface area (Å²) in [6.07, 6.45) is 2.84. The lowest BCUT2D eigenvalue weighted by Gasteiger charge is -2.40. The summed E-state index contributed by atoms with van der Waals surface area (Å²) in [5.41, 5.74) is 0.596. The minimum absolute atomic E-state index is 0.100. The smallest absolute Gasteiger partial charge is 0.306 e. The van der Waals surface area contributed by atoms with Crippen LogP contribution in [0.1, 0.15) is 31.2 Å². The van der Waals surface area contributed by atoms with Gasteiger partial charge in [-0.2, -0.15) is 0 Å². The summed E-state index contributed by atoms with van der Waals surface area (Å²) >= 11 is 0. The SMILES string of the molecule is COc1ccc(COC2(CC(=O)O)CCC2)cc1. The van der Waals surface area contributed by atoms with E-state index in [2.05, 4.69) is 0 Å². The second-order valence-corrected chi connectivity index (χ2v) is 4.74. The molecule has 0 spiro atoms. The van der Waals surface area contributed by atoms with Crippen molar-refractivity contribution in [3.05, 3.63) is 29.8 Å². The second-order valence-electron chi connectivity index (χ2n) is 4.74. The van der Waals surface area contributed by atoms with Crippen molar-refractivity contribution in [3.63, 3.8) is 0 Å². The predicted octanol–water partition coefficient (Wildman–Crippen LogP) is 2.61. The highest BCUT2D eigenvalue weighted by Crippen LogP contribution is 2.39. The molecule has 1 aromatic rings. The first-order chi connectivity index (χ1) is 8.63. The molecule has 98 valence electrons. The van der Waals surface area contributed by atoms with Gasteiger partial charge in [0.25, 0.3) is 0 Å². The first kappa shape index (κ1) is 12.9. The number of aliphatic carboxylic acids is 1. The third-order valence-electron chi connectivity index (χ3n) is 3.44. The Kier molecular flexibility index (Phi) is 3.87. The first-order valence-corrected chi connectivity index (χ1v) is 6.12.